The molecule has 2 atom stereocenters. The van der Waals surface area contributed by atoms with Crippen molar-refractivity contribution in [3.05, 3.63) is 0 Å². The molecule has 0 aliphatic heterocycles. The van der Waals surface area contributed by atoms with Gasteiger partial charge in [-0.15, -0.1) is 0 Å². The third kappa shape index (κ3) is 52.2. The van der Waals surface area contributed by atoms with Crippen LogP contribution in [0.3, 0.4) is 0 Å². The molecule has 0 heterocycles. The van der Waals surface area contributed by atoms with Gasteiger partial charge in [-0.2, -0.15) is 0 Å². The molecule has 378 valence electrons. The van der Waals surface area contributed by atoms with Crippen LogP contribution in [0.2, 0.25) is 0 Å². The van der Waals surface area contributed by atoms with Crippen LogP contribution >= 0.6 is 0 Å². The van der Waals surface area contributed by atoms with Crippen molar-refractivity contribution < 1.29 is 15.0 Å². The van der Waals surface area contributed by atoms with Crippen LogP contribution in [0.15, 0.2) is 0 Å². The van der Waals surface area contributed by atoms with Gasteiger partial charge in [0.1, 0.15) is 0 Å². The van der Waals surface area contributed by atoms with E-state index in [1.807, 2.05) is 0 Å². The Hall–Kier alpha value is -0.610. The summed E-state index contributed by atoms with van der Waals surface area (Å²) in [5.41, 5.74) is 0. The molecular formula is C59H119NO3. The van der Waals surface area contributed by atoms with Gasteiger partial charge in [-0.1, -0.05) is 335 Å². The van der Waals surface area contributed by atoms with Gasteiger partial charge in [0.25, 0.3) is 0 Å². The second kappa shape index (κ2) is 55.7. The van der Waals surface area contributed by atoms with Gasteiger partial charge in [-0.3, -0.25) is 4.79 Å². The van der Waals surface area contributed by atoms with Gasteiger partial charge in [0.2, 0.25) is 5.91 Å². The lowest BCUT2D eigenvalue weighted by Crippen LogP contribution is -2.45. The van der Waals surface area contributed by atoms with Crippen molar-refractivity contribution in [1.82, 2.24) is 5.32 Å². The second-order valence-corrected chi connectivity index (χ2v) is 20.8. The number of nitrogens with one attached hydrogen (secondary N) is 1. The Bertz CT molecular complexity index is 834. The average Bonchev–Trinajstić information content (AvgIpc) is 3.29. The molecule has 0 saturated heterocycles. The number of unbranched alkanes of at least 4 members (excludes halogenated alkanes) is 49. The molecule has 0 aromatic heterocycles. The molecule has 0 aliphatic carbocycles. The molecule has 2 unspecified atom stereocenters. The highest BCUT2D eigenvalue weighted by atomic mass is 16.3. The zero-order valence-electron chi connectivity index (χ0n) is 43.6. The fraction of sp³-hybridized carbons (Fsp3) is 0.983. The van der Waals surface area contributed by atoms with Gasteiger partial charge in [-0.05, 0) is 12.8 Å². The number of carbonyl (C=O) groups excluding carboxylic acids is 1. The molecule has 0 aromatic carbocycles. The molecule has 4 nitrogen and oxygen atoms in total. The lowest BCUT2D eigenvalue weighted by molar-refractivity contribution is -0.123. The maximum absolute atomic E-state index is 12.5. The van der Waals surface area contributed by atoms with Crippen molar-refractivity contribution in [3.8, 4) is 0 Å². The van der Waals surface area contributed by atoms with Crippen LogP contribution in [-0.4, -0.2) is 34.9 Å². The van der Waals surface area contributed by atoms with Gasteiger partial charge in [0.05, 0.1) is 18.8 Å². The van der Waals surface area contributed by atoms with Crippen LogP contribution in [0.4, 0.5) is 0 Å². The van der Waals surface area contributed by atoms with Crippen molar-refractivity contribution >= 4 is 5.91 Å². The van der Waals surface area contributed by atoms with Crippen LogP contribution in [0.25, 0.3) is 0 Å². The largest absolute Gasteiger partial charge is 0.394 e. The number of rotatable bonds is 56. The molecule has 4 heteroatoms. The lowest BCUT2D eigenvalue weighted by atomic mass is 10.0. The molecule has 3 N–H and O–H groups in total. The second-order valence-electron chi connectivity index (χ2n) is 20.8. The van der Waals surface area contributed by atoms with Gasteiger partial charge in [0, 0.05) is 6.42 Å². The van der Waals surface area contributed by atoms with E-state index < -0.39 is 12.1 Å². The van der Waals surface area contributed by atoms with Crippen LogP contribution in [0, 0.1) is 0 Å². The minimum absolute atomic E-state index is 0.0213. The number of amides is 1. The van der Waals surface area contributed by atoms with Crippen LogP contribution in [-0.2, 0) is 4.79 Å². The highest BCUT2D eigenvalue weighted by Crippen LogP contribution is 2.19. The molecule has 0 spiro atoms. The van der Waals surface area contributed by atoms with Crippen molar-refractivity contribution in [2.75, 3.05) is 6.61 Å². The van der Waals surface area contributed by atoms with Crippen LogP contribution < -0.4 is 5.32 Å². The Balaban J connectivity index is 3.37. The molecule has 1 amide bonds. The van der Waals surface area contributed by atoms with E-state index in [2.05, 4.69) is 19.2 Å². The van der Waals surface area contributed by atoms with E-state index in [4.69, 9.17) is 0 Å². The molecule has 0 saturated carbocycles. The molecule has 0 bridgehead atoms. The fourth-order valence-electron chi connectivity index (χ4n) is 9.84. The van der Waals surface area contributed by atoms with Gasteiger partial charge < -0.3 is 15.5 Å². The number of hydrogen-bond acceptors (Lipinski definition) is 3. The molecule has 63 heavy (non-hydrogen) atoms. The number of aliphatic hydroxyl groups excluding tert-OH is 2. The first-order valence-electron chi connectivity index (χ1n) is 29.7. The molecular weight excluding hydrogens is 771 g/mol. The summed E-state index contributed by atoms with van der Waals surface area (Å²) in [5.74, 6) is -0.0213. The first kappa shape index (κ1) is 62.4. The molecule has 0 radical (unpaired) electrons. The predicted molar refractivity (Wildman–Crippen MR) is 281 cm³/mol. The Morgan fingerprint density at radius 1 is 0.317 bits per heavy atom. The highest BCUT2D eigenvalue weighted by Gasteiger charge is 2.20. The molecule has 0 fully saturated rings. The van der Waals surface area contributed by atoms with Crippen molar-refractivity contribution in [2.24, 2.45) is 0 Å². The molecule has 0 aromatic rings. The van der Waals surface area contributed by atoms with E-state index in [0.29, 0.717) is 12.8 Å². The van der Waals surface area contributed by atoms with Gasteiger partial charge >= 0.3 is 0 Å². The first-order valence-corrected chi connectivity index (χ1v) is 29.7. The smallest absolute Gasteiger partial charge is 0.220 e. The summed E-state index contributed by atoms with van der Waals surface area (Å²) >= 11 is 0. The minimum atomic E-state index is -0.655. The Morgan fingerprint density at radius 3 is 0.714 bits per heavy atom. The Kier molecular flexibility index (Phi) is 55.2. The summed E-state index contributed by atoms with van der Waals surface area (Å²) in [6.45, 7) is 4.41. The average molecular weight is 891 g/mol. The van der Waals surface area contributed by atoms with Gasteiger partial charge in [0.15, 0.2) is 0 Å². The maximum Gasteiger partial charge on any atom is 0.220 e. The zero-order valence-corrected chi connectivity index (χ0v) is 43.6. The lowest BCUT2D eigenvalue weighted by Gasteiger charge is -2.22. The monoisotopic (exact) mass is 890 g/mol. The summed E-state index contributed by atoms with van der Waals surface area (Å²) in [7, 11) is 0. The third-order valence-electron chi connectivity index (χ3n) is 14.4. The maximum atomic E-state index is 12.5. The SMILES string of the molecule is CCCCCCCCCCCCCCCCCCCCCCCCCCCCCCCCCC(=O)NC(CO)C(O)CCCCCCCCCCCCCCCCCCCCCC. The summed E-state index contributed by atoms with van der Waals surface area (Å²) < 4.78 is 0. The quantitative estimate of drug-likeness (QED) is 0.0533. The van der Waals surface area contributed by atoms with Crippen LogP contribution in [0.5, 0.6) is 0 Å². The van der Waals surface area contributed by atoms with E-state index in [1.54, 1.807) is 0 Å². The topological polar surface area (TPSA) is 69.6 Å². The molecule has 0 aliphatic rings. The van der Waals surface area contributed by atoms with E-state index in [1.165, 1.54) is 302 Å². The van der Waals surface area contributed by atoms with Gasteiger partial charge in [-0.25, -0.2) is 0 Å². The highest BCUT2D eigenvalue weighted by molar-refractivity contribution is 5.76. The standard InChI is InChI=1S/C59H119NO3/c1-3-5-7-9-11-13-15-17-19-21-23-25-26-27-28-29-30-31-32-33-34-35-37-39-41-43-45-47-49-51-53-55-59(63)60-57(56-61)58(62)54-52-50-48-46-44-42-40-38-36-24-22-20-18-16-14-12-10-8-6-4-2/h57-58,61-62H,3-56H2,1-2H3,(H,60,63). The normalized spacial score (nSPS) is 12.6. The van der Waals surface area contributed by atoms with E-state index in [0.717, 1.165) is 25.7 Å². The summed E-state index contributed by atoms with van der Waals surface area (Å²) in [4.78, 5) is 12.5. The van der Waals surface area contributed by atoms with Crippen molar-refractivity contribution in [2.45, 2.75) is 366 Å². The first-order chi connectivity index (χ1) is 31.2. The third-order valence-corrected chi connectivity index (χ3v) is 14.4. The van der Waals surface area contributed by atoms with E-state index in [9.17, 15) is 15.0 Å². The Morgan fingerprint density at radius 2 is 0.508 bits per heavy atom. The summed E-state index contributed by atoms with van der Waals surface area (Å²) in [6, 6.07) is -0.531. The number of carbonyl (C=O) groups is 1. The number of hydrogen-bond donors (Lipinski definition) is 3. The summed E-state index contributed by atoms with van der Waals surface area (Å²) in [5, 5.41) is 23.4. The zero-order chi connectivity index (χ0) is 45.6. The molecule has 0 rings (SSSR count). The van der Waals surface area contributed by atoms with Crippen molar-refractivity contribution in [3.63, 3.8) is 0 Å². The predicted octanol–water partition coefficient (Wildman–Crippen LogP) is 19.5. The van der Waals surface area contributed by atoms with E-state index in [-0.39, 0.29) is 12.5 Å². The van der Waals surface area contributed by atoms with Crippen molar-refractivity contribution in [1.29, 1.82) is 0 Å². The fourth-order valence-corrected chi connectivity index (χ4v) is 9.84. The van der Waals surface area contributed by atoms with Crippen LogP contribution in [0.1, 0.15) is 354 Å². The van der Waals surface area contributed by atoms with E-state index >= 15 is 0 Å². The minimum Gasteiger partial charge on any atom is -0.394 e. The number of aliphatic hydroxyl groups is 2. The summed E-state index contributed by atoms with van der Waals surface area (Å²) in [6.07, 6.45) is 71.1. The Labute approximate surface area is 397 Å².